The van der Waals surface area contributed by atoms with Gasteiger partial charge >= 0.3 is 0 Å². The Morgan fingerprint density at radius 1 is 0.750 bits per heavy atom. The first-order valence-corrected chi connectivity index (χ1v) is 13.7. The molecule has 0 saturated heterocycles. The lowest BCUT2D eigenvalue weighted by molar-refractivity contribution is 0.321. The number of rotatable bonds is 8. The van der Waals surface area contributed by atoms with Gasteiger partial charge in [0.05, 0.1) is 0 Å². The van der Waals surface area contributed by atoms with E-state index in [9.17, 15) is 0 Å². The smallest absolute Gasteiger partial charge is 0.190 e. The SMILES string of the molecule is CCO[Si](C)(C)C(C)CN.CCO[Si](C)(C)C(C)CN. The molecular weight excluding hydrogens is 284 g/mol. The topological polar surface area (TPSA) is 70.5 Å². The molecule has 0 amide bonds. The minimum Gasteiger partial charge on any atom is -0.417 e. The summed E-state index contributed by atoms with van der Waals surface area (Å²) in [6.07, 6.45) is 0. The van der Waals surface area contributed by atoms with Crippen molar-refractivity contribution >= 4 is 16.6 Å². The van der Waals surface area contributed by atoms with Gasteiger partial charge in [-0.25, -0.2) is 0 Å². The highest BCUT2D eigenvalue weighted by molar-refractivity contribution is 6.73. The Morgan fingerprint density at radius 2 is 1.00 bits per heavy atom. The molecule has 0 rings (SSSR count). The predicted molar refractivity (Wildman–Crippen MR) is 95.2 cm³/mol. The van der Waals surface area contributed by atoms with Gasteiger partial charge in [0.1, 0.15) is 0 Å². The number of hydrogen-bond donors (Lipinski definition) is 2. The minimum absolute atomic E-state index is 0.562. The summed E-state index contributed by atoms with van der Waals surface area (Å²) in [5.41, 5.74) is 12.2. The summed E-state index contributed by atoms with van der Waals surface area (Å²) in [6, 6.07) is 0. The first kappa shape index (κ1) is 22.6. The average molecular weight is 323 g/mol. The molecule has 0 fully saturated rings. The maximum absolute atomic E-state index is 5.64. The van der Waals surface area contributed by atoms with Gasteiger partial charge < -0.3 is 20.3 Å². The van der Waals surface area contributed by atoms with Gasteiger partial charge in [-0.1, -0.05) is 13.8 Å². The third-order valence-electron chi connectivity index (χ3n) is 4.11. The van der Waals surface area contributed by atoms with Gasteiger partial charge in [0.2, 0.25) is 0 Å². The Kier molecular flexibility index (Phi) is 12.3. The fourth-order valence-corrected chi connectivity index (χ4v) is 4.79. The van der Waals surface area contributed by atoms with E-state index in [-0.39, 0.29) is 0 Å². The average Bonchev–Trinajstić information content (AvgIpc) is 2.37. The molecule has 0 spiro atoms. The van der Waals surface area contributed by atoms with E-state index >= 15 is 0 Å². The van der Waals surface area contributed by atoms with Crippen molar-refractivity contribution in [3.8, 4) is 0 Å². The second-order valence-electron chi connectivity index (χ2n) is 6.35. The van der Waals surface area contributed by atoms with E-state index in [0.29, 0.717) is 11.1 Å². The molecule has 2 atom stereocenters. The van der Waals surface area contributed by atoms with Crippen molar-refractivity contribution in [2.45, 2.75) is 65.0 Å². The Labute approximate surface area is 128 Å². The van der Waals surface area contributed by atoms with Crippen LogP contribution in [0.1, 0.15) is 27.7 Å². The van der Waals surface area contributed by atoms with Crippen LogP contribution >= 0.6 is 0 Å². The van der Waals surface area contributed by atoms with Crippen molar-refractivity contribution in [2.24, 2.45) is 11.5 Å². The maximum Gasteiger partial charge on any atom is 0.190 e. The molecule has 0 aliphatic rings. The first-order chi connectivity index (χ1) is 9.08. The Morgan fingerprint density at radius 3 is 1.15 bits per heavy atom. The van der Waals surface area contributed by atoms with Crippen molar-refractivity contribution in [1.29, 1.82) is 0 Å². The third-order valence-corrected chi connectivity index (χ3v) is 11.4. The van der Waals surface area contributed by atoms with Crippen molar-refractivity contribution < 1.29 is 8.85 Å². The molecule has 2 unspecified atom stereocenters. The van der Waals surface area contributed by atoms with Crippen LogP contribution in [0.25, 0.3) is 0 Å². The summed E-state index contributed by atoms with van der Waals surface area (Å²) in [4.78, 5) is 0. The Balaban J connectivity index is 0. The summed E-state index contributed by atoms with van der Waals surface area (Å²) >= 11 is 0. The molecule has 0 bridgehead atoms. The molecule has 6 heteroatoms. The van der Waals surface area contributed by atoms with Crippen LogP contribution in [0.4, 0.5) is 0 Å². The van der Waals surface area contributed by atoms with Gasteiger partial charge in [0, 0.05) is 13.2 Å². The van der Waals surface area contributed by atoms with Crippen molar-refractivity contribution in [1.82, 2.24) is 0 Å². The summed E-state index contributed by atoms with van der Waals surface area (Å²) in [7, 11) is -2.86. The lowest BCUT2D eigenvalue weighted by Crippen LogP contribution is -2.38. The highest BCUT2D eigenvalue weighted by atomic mass is 28.4. The Bertz CT molecular complexity index is 215. The third kappa shape index (κ3) is 9.25. The van der Waals surface area contributed by atoms with Gasteiger partial charge in [-0.2, -0.15) is 0 Å². The highest BCUT2D eigenvalue weighted by Crippen LogP contribution is 2.21. The van der Waals surface area contributed by atoms with Gasteiger partial charge in [-0.15, -0.1) is 0 Å². The van der Waals surface area contributed by atoms with Gasteiger partial charge in [-0.05, 0) is 64.2 Å². The van der Waals surface area contributed by atoms with E-state index < -0.39 is 16.6 Å². The van der Waals surface area contributed by atoms with E-state index in [1.807, 2.05) is 13.8 Å². The molecule has 0 heterocycles. The number of nitrogens with two attached hydrogens (primary N) is 2. The van der Waals surface area contributed by atoms with Crippen LogP contribution in [0.3, 0.4) is 0 Å². The molecule has 0 aromatic heterocycles. The van der Waals surface area contributed by atoms with E-state index in [2.05, 4.69) is 40.0 Å². The van der Waals surface area contributed by atoms with Crippen molar-refractivity contribution in [3.63, 3.8) is 0 Å². The molecule has 4 nitrogen and oxygen atoms in total. The summed E-state index contributed by atoms with van der Waals surface area (Å²) in [5.74, 6) is 0. The van der Waals surface area contributed by atoms with Gasteiger partial charge in [0.25, 0.3) is 0 Å². The van der Waals surface area contributed by atoms with Crippen LogP contribution in [-0.4, -0.2) is 42.9 Å². The zero-order chi connectivity index (χ0) is 16.4. The largest absolute Gasteiger partial charge is 0.417 e. The zero-order valence-electron chi connectivity index (χ0n) is 15.0. The summed E-state index contributed by atoms with van der Waals surface area (Å²) in [5, 5.41) is 0. The quantitative estimate of drug-likeness (QED) is 0.673. The zero-order valence-corrected chi connectivity index (χ0v) is 17.0. The van der Waals surface area contributed by atoms with Crippen LogP contribution in [-0.2, 0) is 8.85 Å². The molecule has 0 aliphatic heterocycles. The normalized spacial score (nSPS) is 15.3. The van der Waals surface area contributed by atoms with Gasteiger partial charge in [0.15, 0.2) is 16.6 Å². The molecule has 0 aliphatic carbocycles. The van der Waals surface area contributed by atoms with Crippen LogP contribution in [0.2, 0.25) is 37.3 Å². The molecule has 0 aromatic carbocycles. The van der Waals surface area contributed by atoms with Crippen molar-refractivity contribution in [3.05, 3.63) is 0 Å². The highest BCUT2D eigenvalue weighted by Gasteiger charge is 2.28. The second-order valence-corrected chi connectivity index (χ2v) is 15.3. The lowest BCUT2D eigenvalue weighted by Gasteiger charge is -2.27. The van der Waals surface area contributed by atoms with Gasteiger partial charge in [-0.3, -0.25) is 0 Å². The molecule has 0 saturated carbocycles. The van der Waals surface area contributed by atoms with Crippen molar-refractivity contribution in [2.75, 3.05) is 26.3 Å². The fraction of sp³-hybridized carbons (Fsp3) is 1.00. The first-order valence-electron chi connectivity index (χ1n) is 7.76. The maximum atomic E-state index is 5.64. The van der Waals surface area contributed by atoms with Crippen LogP contribution in [0.5, 0.6) is 0 Å². The minimum atomic E-state index is -1.43. The fourth-order valence-electron chi connectivity index (χ4n) is 1.60. The van der Waals surface area contributed by atoms with Crippen LogP contribution < -0.4 is 11.5 Å². The molecule has 4 N–H and O–H groups in total. The summed E-state index contributed by atoms with van der Waals surface area (Å²) < 4.78 is 11.3. The molecule has 124 valence electrons. The lowest BCUT2D eigenvalue weighted by atomic mass is 10.5. The molecular formula is C14H38N2O2Si2. The standard InChI is InChI=1S/2C7H19NOSi/c2*1-5-9-10(3,4)7(2)6-8/h2*7H,5-6,8H2,1-4H3. The van der Waals surface area contributed by atoms with E-state index in [1.165, 1.54) is 0 Å². The van der Waals surface area contributed by atoms with E-state index in [0.717, 1.165) is 26.3 Å². The predicted octanol–water partition coefficient (Wildman–Crippen LogP) is 3.15. The van der Waals surface area contributed by atoms with E-state index in [1.54, 1.807) is 0 Å². The molecule has 0 aromatic rings. The summed E-state index contributed by atoms with van der Waals surface area (Å²) in [6.45, 7) is 20.4. The van der Waals surface area contributed by atoms with Crippen LogP contribution in [0, 0.1) is 0 Å². The number of hydrogen-bond acceptors (Lipinski definition) is 4. The second kappa shape index (κ2) is 10.9. The molecule has 20 heavy (non-hydrogen) atoms. The molecule has 0 radical (unpaired) electrons. The Hall–Kier alpha value is 0.274. The van der Waals surface area contributed by atoms with Crippen LogP contribution in [0.15, 0.2) is 0 Å². The monoisotopic (exact) mass is 322 g/mol. The van der Waals surface area contributed by atoms with E-state index in [4.69, 9.17) is 20.3 Å².